The number of ether oxygens (including phenoxy) is 3. The molecule has 2 atom stereocenters. The SMILES string of the molecule is NC(=O)[C@@H](Cc1cc2c3c(c1)nc(-c1cnn(CCOC4CCCCO4)c1)n3CCCO2)C1CC1. The molecule has 186 valence electrons. The van der Waals surface area contributed by atoms with Crippen LogP contribution < -0.4 is 10.5 Å². The Morgan fingerprint density at radius 3 is 2.91 bits per heavy atom. The van der Waals surface area contributed by atoms with Crippen molar-refractivity contribution in [2.45, 2.75) is 64.3 Å². The monoisotopic (exact) mass is 479 g/mol. The molecule has 6 rings (SSSR count). The molecule has 0 spiro atoms. The molecule has 0 radical (unpaired) electrons. The minimum absolute atomic E-state index is 0.0914. The van der Waals surface area contributed by atoms with E-state index in [4.69, 9.17) is 24.9 Å². The first-order valence-electron chi connectivity index (χ1n) is 12.9. The highest BCUT2D eigenvalue weighted by Gasteiger charge is 2.35. The zero-order valence-corrected chi connectivity index (χ0v) is 20.0. The maximum absolute atomic E-state index is 12.0. The number of imidazole rings is 1. The Balaban J connectivity index is 1.24. The van der Waals surface area contributed by atoms with Crippen LogP contribution in [0.5, 0.6) is 5.75 Å². The van der Waals surface area contributed by atoms with Gasteiger partial charge in [-0.2, -0.15) is 5.10 Å². The van der Waals surface area contributed by atoms with E-state index in [9.17, 15) is 4.79 Å². The number of nitrogens with zero attached hydrogens (tertiary/aromatic N) is 4. The number of carbonyl (C=O) groups excluding carboxylic acids is 1. The highest BCUT2D eigenvalue weighted by atomic mass is 16.7. The second-order valence-electron chi connectivity index (χ2n) is 9.96. The standard InChI is InChI=1S/C26H33N5O4/c27-25(32)20(18-5-6-18)12-17-13-21-24-22(14-17)33-10-3-7-31(24)26(29-21)19-15-28-30(16-19)8-11-35-23-4-1-2-9-34-23/h13-16,18,20,23H,1-12H2,(H2,27,32)/t20-,23?/m0/s1. The van der Waals surface area contributed by atoms with Gasteiger partial charge in [-0.3, -0.25) is 9.48 Å². The van der Waals surface area contributed by atoms with Crippen LogP contribution in [-0.2, 0) is 33.8 Å². The Morgan fingerprint density at radius 2 is 2.11 bits per heavy atom. The van der Waals surface area contributed by atoms with Crippen LogP contribution in [0.15, 0.2) is 24.5 Å². The first kappa shape index (κ1) is 22.5. The lowest BCUT2D eigenvalue weighted by atomic mass is 9.94. The van der Waals surface area contributed by atoms with Gasteiger partial charge >= 0.3 is 0 Å². The normalized spacial score (nSPS) is 21.0. The fourth-order valence-electron chi connectivity index (χ4n) is 5.33. The second kappa shape index (κ2) is 9.62. The summed E-state index contributed by atoms with van der Waals surface area (Å²) >= 11 is 0. The van der Waals surface area contributed by atoms with E-state index in [-0.39, 0.29) is 18.1 Å². The third-order valence-electron chi connectivity index (χ3n) is 7.32. The predicted molar refractivity (Wildman–Crippen MR) is 130 cm³/mol. The van der Waals surface area contributed by atoms with Crippen LogP contribution in [0.4, 0.5) is 0 Å². The third kappa shape index (κ3) is 4.79. The second-order valence-corrected chi connectivity index (χ2v) is 9.96. The van der Waals surface area contributed by atoms with Gasteiger partial charge in [-0.1, -0.05) is 0 Å². The highest BCUT2D eigenvalue weighted by Crippen LogP contribution is 2.40. The summed E-state index contributed by atoms with van der Waals surface area (Å²) in [5, 5.41) is 4.55. The molecule has 2 aromatic heterocycles. The molecule has 1 aliphatic carbocycles. The van der Waals surface area contributed by atoms with E-state index >= 15 is 0 Å². The summed E-state index contributed by atoms with van der Waals surface area (Å²) in [5.74, 6) is 1.81. The summed E-state index contributed by atoms with van der Waals surface area (Å²) < 4.78 is 21.8. The molecule has 1 saturated carbocycles. The first-order chi connectivity index (χ1) is 17.2. The van der Waals surface area contributed by atoms with Crippen LogP contribution in [0.3, 0.4) is 0 Å². The smallest absolute Gasteiger partial charge is 0.221 e. The van der Waals surface area contributed by atoms with Crippen LogP contribution in [0.1, 0.15) is 44.1 Å². The van der Waals surface area contributed by atoms with Crippen LogP contribution >= 0.6 is 0 Å². The van der Waals surface area contributed by atoms with Gasteiger partial charge in [-0.05, 0) is 68.6 Å². The van der Waals surface area contributed by atoms with Gasteiger partial charge in [0, 0.05) is 25.3 Å². The molecular weight excluding hydrogens is 446 g/mol. The van der Waals surface area contributed by atoms with E-state index in [2.05, 4.69) is 21.8 Å². The molecular formula is C26H33N5O4. The fourth-order valence-corrected chi connectivity index (χ4v) is 5.33. The predicted octanol–water partition coefficient (Wildman–Crippen LogP) is 3.28. The van der Waals surface area contributed by atoms with E-state index in [1.807, 2.05) is 17.1 Å². The fraction of sp³-hybridized carbons (Fsp3) is 0.577. The zero-order chi connectivity index (χ0) is 23.8. The molecule has 1 aromatic carbocycles. The summed E-state index contributed by atoms with van der Waals surface area (Å²) in [7, 11) is 0. The summed E-state index contributed by atoms with van der Waals surface area (Å²) in [6.45, 7) is 3.49. The van der Waals surface area contributed by atoms with Crippen LogP contribution in [0.25, 0.3) is 22.4 Å². The molecule has 1 amide bonds. The Hall–Kier alpha value is -2.91. The van der Waals surface area contributed by atoms with E-state index < -0.39 is 0 Å². The number of hydrogen-bond acceptors (Lipinski definition) is 6. The van der Waals surface area contributed by atoms with Gasteiger partial charge in [0.2, 0.25) is 5.91 Å². The Kier molecular flexibility index (Phi) is 6.20. The number of carbonyl (C=O) groups is 1. The van der Waals surface area contributed by atoms with Crippen LogP contribution in [-0.4, -0.2) is 51.3 Å². The molecule has 0 bridgehead atoms. The van der Waals surface area contributed by atoms with Gasteiger partial charge in [0.25, 0.3) is 0 Å². The molecule has 2 fully saturated rings. The summed E-state index contributed by atoms with van der Waals surface area (Å²) in [5.41, 5.74) is 9.63. The van der Waals surface area contributed by atoms with Crippen molar-refractivity contribution in [2.75, 3.05) is 19.8 Å². The molecule has 35 heavy (non-hydrogen) atoms. The van der Waals surface area contributed by atoms with Crippen molar-refractivity contribution in [2.24, 2.45) is 17.6 Å². The molecule has 3 aromatic rings. The molecule has 9 heteroatoms. The number of nitrogens with two attached hydrogens (primary N) is 1. The van der Waals surface area contributed by atoms with Crippen molar-refractivity contribution < 1.29 is 19.0 Å². The number of primary amides is 1. The van der Waals surface area contributed by atoms with Crippen LogP contribution in [0, 0.1) is 11.8 Å². The summed E-state index contributed by atoms with van der Waals surface area (Å²) in [4.78, 5) is 17.0. The van der Waals surface area contributed by atoms with Gasteiger partial charge in [-0.25, -0.2) is 4.98 Å². The maximum Gasteiger partial charge on any atom is 0.221 e. The Bertz CT molecular complexity index is 1210. The van der Waals surface area contributed by atoms with Crippen molar-refractivity contribution in [3.8, 4) is 17.1 Å². The van der Waals surface area contributed by atoms with E-state index in [1.165, 1.54) is 0 Å². The third-order valence-corrected chi connectivity index (χ3v) is 7.32. The molecule has 2 aliphatic heterocycles. The molecule has 2 N–H and O–H groups in total. The zero-order valence-electron chi connectivity index (χ0n) is 20.0. The number of benzene rings is 1. The Labute approximate surface area is 204 Å². The highest BCUT2D eigenvalue weighted by molar-refractivity contribution is 5.87. The lowest BCUT2D eigenvalue weighted by Gasteiger charge is -2.22. The lowest BCUT2D eigenvalue weighted by molar-refractivity contribution is -0.163. The minimum atomic E-state index is -0.211. The largest absolute Gasteiger partial charge is 0.491 e. The van der Waals surface area contributed by atoms with Gasteiger partial charge < -0.3 is 24.5 Å². The number of aryl methyl sites for hydroxylation is 1. The maximum atomic E-state index is 12.0. The first-order valence-corrected chi connectivity index (χ1v) is 12.9. The minimum Gasteiger partial charge on any atom is -0.491 e. The quantitative estimate of drug-likeness (QED) is 0.505. The lowest BCUT2D eigenvalue weighted by Crippen LogP contribution is -2.26. The van der Waals surface area contributed by atoms with Gasteiger partial charge in [-0.15, -0.1) is 0 Å². The van der Waals surface area contributed by atoms with Crippen molar-refractivity contribution in [3.05, 3.63) is 30.1 Å². The summed E-state index contributed by atoms with van der Waals surface area (Å²) in [6.07, 6.45) is 10.7. The van der Waals surface area contributed by atoms with Gasteiger partial charge in [0.15, 0.2) is 6.29 Å². The molecule has 3 aliphatic rings. The van der Waals surface area contributed by atoms with E-state index in [0.717, 1.165) is 85.4 Å². The topological polar surface area (TPSA) is 106 Å². The molecule has 1 unspecified atom stereocenters. The number of rotatable bonds is 9. The Morgan fingerprint density at radius 1 is 1.20 bits per heavy atom. The van der Waals surface area contributed by atoms with Crippen LogP contribution in [0.2, 0.25) is 0 Å². The molecule has 1 saturated heterocycles. The van der Waals surface area contributed by atoms with Gasteiger partial charge in [0.05, 0.1) is 37.0 Å². The average Bonchev–Trinajstić information content (AvgIpc) is 3.53. The molecule has 9 nitrogen and oxygen atoms in total. The summed E-state index contributed by atoms with van der Waals surface area (Å²) in [6, 6.07) is 4.16. The average molecular weight is 480 g/mol. The number of hydrogen-bond donors (Lipinski definition) is 1. The van der Waals surface area contributed by atoms with E-state index in [0.29, 0.717) is 32.1 Å². The van der Waals surface area contributed by atoms with Crippen molar-refractivity contribution in [3.63, 3.8) is 0 Å². The molecule has 4 heterocycles. The number of aromatic nitrogens is 4. The van der Waals surface area contributed by atoms with E-state index in [1.54, 1.807) is 0 Å². The van der Waals surface area contributed by atoms with Crippen molar-refractivity contribution in [1.82, 2.24) is 19.3 Å². The number of amides is 1. The van der Waals surface area contributed by atoms with Gasteiger partial charge in [0.1, 0.15) is 17.1 Å². The van der Waals surface area contributed by atoms with Crippen molar-refractivity contribution in [1.29, 1.82) is 0 Å². The van der Waals surface area contributed by atoms with Crippen molar-refractivity contribution >= 4 is 16.9 Å².